The van der Waals surface area contributed by atoms with E-state index in [9.17, 15) is 14.0 Å². The maximum Gasteiger partial charge on any atom is 0.243 e. The molecule has 142 valence electrons. The lowest BCUT2D eigenvalue weighted by molar-refractivity contribution is -0.119. The fourth-order valence-electron chi connectivity index (χ4n) is 3.38. The van der Waals surface area contributed by atoms with Gasteiger partial charge in [-0.05, 0) is 30.7 Å². The minimum Gasteiger partial charge on any atom is -0.497 e. The van der Waals surface area contributed by atoms with Crippen molar-refractivity contribution in [2.45, 2.75) is 12.3 Å². The molecule has 0 aliphatic carbocycles. The van der Waals surface area contributed by atoms with Crippen LogP contribution in [0.15, 0.2) is 48.5 Å². The van der Waals surface area contributed by atoms with Gasteiger partial charge in [-0.1, -0.05) is 41.9 Å². The monoisotopic (exact) mass is 415 g/mol. The first-order chi connectivity index (χ1) is 13.4. The van der Waals surface area contributed by atoms with E-state index in [0.29, 0.717) is 21.9 Å². The Balaban J connectivity index is 1.91. The summed E-state index contributed by atoms with van der Waals surface area (Å²) < 4.78 is 19.8. The molecule has 0 radical (unpaired) electrons. The van der Waals surface area contributed by atoms with Gasteiger partial charge in [0.15, 0.2) is 5.78 Å². The molecule has 1 aliphatic heterocycles. The van der Waals surface area contributed by atoms with Gasteiger partial charge in [0.05, 0.1) is 12.7 Å². The molecule has 2 aromatic carbocycles. The Morgan fingerprint density at radius 3 is 2.39 bits per heavy atom. The number of thiophene rings is 1. The summed E-state index contributed by atoms with van der Waals surface area (Å²) in [5.74, 6) is -0.742. The zero-order valence-corrected chi connectivity index (χ0v) is 16.6. The SMILES string of the molecule is COc1ccc(C2(C)C(=O)Nc3sc(Cl)c(-c4ccccc4F)c3C2=O)cc1. The molecule has 0 spiro atoms. The average molecular weight is 416 g/mol. The molecule has 4 rings (SSSR count). The van der Waals surface area contributed by atoms with E-state index in [0.717, 1.165) is 11.3 Å². The lowest BCUT2D eigenvalue weighted by atomic mass is 9.73. The number of rotatable bonds is 3. The van der Waals surface area contributed by atoms with Crippen molar-refractivity contribution in [3.63, 3.8) is 0 Å². The quantitative estimate of drug-likeness (QED) is 0.590. The topological polar surface area (TPSA) is 55.4 Å². The second-order valence-electron chi connectivity index (χ2n) is 6.57. The van der Waals surface area contributed by atoms with E-state index in [1.54, 1.807) is 49.4 Å². The number of hydrogen-bond acceptors (Lipinski definition) is 4. The molecule has 0 bridgehead atoms. The van der Waals surface area contributed by atoms with Crippen molar-refractivity contribution in [2.75, 3.05) is 12.4 Å². The Hall–Kier alpha value is -2.70. The number of ketones is 1. The molecular formula is C21H15ClFNO3S. The van der Waals surface area contributed by atoms with Crippen LogP contribution in [-0.2, 0) is 10.2 Å². The summed E-state index contributed by atoms with van der Waals surface area (Å²) in [5.41, 5.74) is -0.179. The number of nitrogens with one attached hydrogen (secondary N) is 1. The molecule has 0 fully saturated rings. The summed E-state index contributed by atoms with van der Waals surface area (Å²) >= 11 is 7.42. The van der Waals surface area contributed by atoms with Crippen LogP contribution in [0.5, 0.6) is 5.75 Å². The molecule has 1 N–H and O–H groups in total. The van der Waals surface area contributed by atoms with Gasteiger partial charge in [0, 0.05) is 11.1 Å². The molecule has 3 aromatic rings. The molecule has 0 saturated heterocycles. The van der Waals surface area contributed by atoms with Crippen LogP contribution in [-0.4, -0.2) is 18.8 Å². The Morgan fingerprint density at radius 2 is 1.75 bits per heavy atom. The number of carbonyl (C=O) groups excluding carboxylic acids is 2. The van der Waals surface area contributed by atoms with Gasteiger partial charge >= 0.3 is 0 Å². The van der Waals surface area contributed by atoms with Crippen LogP contribution in [0.1, 0.15) is 22.8 Å². The molecule has 1 aromatic heterocycles. The molecule has 1 aliphatic rings. The van der Waals surface area contributed by atoms with Crippen LogP contribution in [0.4, 0.5) is 9.39 Å². The van der Waals surface area contributed by atoms with Crippen molar-refractivity contribution < 1.29 is 18.7 Å². The van der Waals surface area contributed by atoms with Crippen LogP contribution < -0.4 is 10.1 Å². The molecule has 7 heteroatoms. The van der Waals surface area contributed by atoms with E-state index in [4.69, 9.17) is 16.3 Å². The molecule has 0 saturated carbocycles. The van der Waals surface area contributed by atoms with Gasteiger partial charge < -0.3 is 10.1 Å². The molecule has 4 nitrogen and oxygen atoms in total. The number of ether oxygens (including phenoxy) is 1. The van der Waals surface area contributed by atoms with Crippen molar-refractivity contribution in [3.8, 4) is 16.9 Å². The van der Waals surface area contributed by atoms with Gasteiger partial charge in [-0.15, -0.1) is 11.3 Å². The van der Waals surface area contributed by atoms with Crippen LogP contribution in [0.25, 0.3) is 11.1 Å². The molecule has 1 atom stereocenters. The number of methoxy groups -OCH3 is 1. The minimum atomic E-state index is -1.47. The fraction of sp³-hybridized carbons (Fsp3) is 0.143. The van der Waals surface area contributed by atoms with Crippen molar-refractivity contribution in [3.05, 3.63) is 69.8 Å². The highest BCUT2D eigenvalue weighted by molar-refractivity contribution is 7.21. The summed E-state index contributed by atoms with van der Waals surface area (Å²) in [6, 6.07) is 12.9. The summed E-state index contributed by atoms with van der Waals surface area (Å²) in [5, 5.41) is 3.12. The van der Waals surface area contributed by atoms with E-state index in [1.807, 2.05) is 0 Å². The van der Waals surface area contributed by atoms with Crippen molar-refractivity contribution in [1.29, 1.82) is 0 Å². The van der Waals surface area contributed by atoms with Crippen LogP contribution in [0.2, 0.25) is 4.34 Å². The van der Waals surface area contributed by atoms with Crippen LogP contribution in [0.3, 0.4) is 0 Å². The third kappa shape index (κ3) is 2.64. The third-order valence-electron chi connectivity index (χ3n) is 5.04. The highest BCUT2D eigenvalue weighted by Gasteiger charge is 2.49. The Kier molecular flexibility index (Phi) is 4.48. The van der Waals surface area contributed by atoms with Gasteiger partial charge in [0.25, 0.3) is 0 Å². The summed E-state index contributed by atoms with van der Waals surface area (Å²) in [6.45, 7) is 1.56. The first-order valence-electron chi connectivity index (χ1n) is 8.46. The van der Waals surface area contributed by atoms with Gasteiger partial charge in [0.2, 0.25) is 5.91 Å². The number of carbonyl (C=O) groups is 2. The number of halogens is 2. The zero-order chi connectivity index (χ0) is 20.1. The number of amides is 1. The summed E-state index contributed by atoms with van der Waals surface area (Å²) in [7, 11) is 1.54. The molecule has 2 heterocycles. The first kappa shape index (κ1) is 18.7. The maximum atomic E-state index is 14.4. The van der Waals surface area contributed by atoms with Gasteiger partial charge in [-0.3, -0.25) is 9.59 Å². The number of Topliss-reactive ketones (excluding diaryl/α,β-unsaturated/α-hetero) is 1. The number of anilines is 1. The second kappa shape index (κ2) is 6.72. The van der Waals surface area contributed by atoms with Crippen molar-refractivity contribution in [1.82, 2.24) is 0 Å². The van der Waals surface area contributed by atoms with E-state index >= 15 is 0 Å². The normalized spacial score (nSPS) is 18.6. The fourth-order valence-corrected chi connectivity index (χ4v) is 4.74. The standard InChI is InChI=1S/C21H15ClFNO3S/c1-21(11-7-9-12(27-2)10-8-11)17(25)16-15(13-5-3-4-6-14(13)23)18(22)28-19(16)24-20(21)26/h3-10H,1-2H3,(H,24,26). The van der Waals surface area contributed by atoms with E-state index < -0.39 is 22.9 Å². The van der Waals surface area contributed by atoms with E-state index in [2.05, 4.69) is 5.32 Å². The molecule has 1 amide bonds. The summed E-state index contributed by atoms with van der Waals surface area (Å²) in [4.78, 5) is 26.5. The second-order valence-corrected chi connectivity index (χ2v) is 8.19. The summed E-state index contributed by atoms with van der Waals surface area (Å²) in [6.07, 6.45) is 0. The minimum absolute atomic E-state index is 0.228. The predicted molar refractivity (Wildman–Crippen MR) is 108 cm³/mol. The van der Waals surface area contributed by atoms with Crippen LogP contribution >= 0.6 is 22.9 Å². The van der Waals surface area contributed by atoms with E-state index in [1.165, 1.54) is 13.2 Å². The number of fused-ring (bicyclic) bond motifs is 1. The van der Waals surface area contributed by atoms with Crippen LogP contribution in [0, 0.1) is 5.82 Å². The van der Waals surface area contributed by atoms with Gasteiger partial charge in [-0.25, -0.2) is 4.39 Å². The molecule has 1 unspecified atom stereocenters. The Morgan fingerprint density at radius 1 is 1.07 bits per heavy atom. The van der Waals surface area contributed by atoms with Gasteiger partial charge in [0.1, 0.15) is 26.3 Å². The van der Waals surface area contributed by atoms with Crippen molar-refractivity contribution in [2.24, 2.45) is 0 Å². The lowest BCUT2D eigenvalue weighted by Crippen LogP contribution is -2.48. The number of benzene rings is 2. The Labute approximate surface area is 169 Å². The zero-order valence-electron chi connectivity index (χ0n) is 15.0. The third-order valence-corrected chi connectivity index (χ3v) is 6.35. The van der Waals surface area contributed by atoms with Gasteiger partial charge in [-0.2, -0.15) is 0 Å². The maximum absolute atomic E-state index is 14.4. The predicted octanol–water partition coefficient (Wildman–Crippen LogP) is 5.31. The smallest absolute Gasteiger partial charge is 0.243 e. The highest BCUT2D eigenvalue weighted by Crippen LogP contribution is 2.49. The number of hydrogen-bond donors (Lipinski definition) is 1. The molecular weight excluding hydrogens is 401 g/mol. The molecule has 28 heavy (non-hydrogen) atoms. The average Bonchev–Trinajstić information content (AvgIpc) is 3.02. The first-order valence-corrected chi connectivity index (χ1v) is 9.65. The van der Waals surface area contributed by atoms with Crippen molar-refractivity contribution >= 4 is 39.6 Å². The lowest BCUT2D eigenvalue weighted by Gasteiger charge is -2.32. The Bertz CT molecular complexity index is 1110. The highest BCUT2D eigenvalue weighted by atomic mass is 35.5. The van der Waals surface area contributed by atoms with E-state index in [-0.39, 0.29) is 15.5 Å². The largest absolute Gasteiger partial charge is 0.497 e.